The summed E-state index contributed by atoms with van der Waals surface area (Å²) in [5, 5.41) is 2.84. The number of nitrogens with one attached hydrogen (secondary N) is 1. The van der Waals surface area contributed by atoms with Gasteiger partial charge in [0.05, 0.1) is 29.6 Å². The monoisotopic (exact) mass is 555 g/mol. The minimum atomic E-state index is -4.47. The third kappa shape index (κ3) is 5.28. The van der Waals surface area contributed by atoms with Crippen molar-refractivity contribution in [3.8, 4) is 17.0 Å². The van der Waals surface area contributed by atoms with E-state index in [1.807, 2.05) is 19.9 Å². The molecule has 2 amide bonds. The van der Waals surface area contributed by atoms with Gasteiger partial charge in [0, 0.05) is 30.9 Å². The minimum Gasteiger partial charge on any atom is -0.491 e. The normalized spacial score (nSPS) is 21.3. The van der Waals surface area contributed by atoms with Gasteiger partial charge in [-0.3, -0.25) is 10.2 Å². The first kappa shape index (κ1) is 26.3. The largest absolute Gasteiger partial charge is 0.491 e. The number of carbonyl (C=O) groups excluding carboxylic acids is 1. The van der Waals surface area contributed by atoms with Gasteiger partial charge in [-0.25, -0.2) is 14.8 Å². The number of urea groups is 1. The number of anilines is 3. The molecule has 2 aromatic heterocycles. The molecule has 1 unspecified atom stereocenters. The Labute approximate surface area is 228 Å². The Morgan fingerprint density at radius 3 is 2.83 bits per heavy atom. The fourth-order valence-electron chi connectivity index (χ4n) is 5.26. The van der Waals surface area contributed by atoms with Crippen molar-refractivity contribution in [2.75, 3.05) is 41.4 Å². The molecule has 2 fully saturated rings. The number of nitrogens with zero attached hydrogens (tertiary/aromatic N) is 4. The third-order valence-electron chi connectivity index (χ3n) is 7.13. The van der Waals surface area contributed by atoms with Gasteiger partial charge in [-0.1, -0.05) is 12.1 Å². The molecule has 40 heavy (non-hydrogen) atoms. The Morgan fingerprint density at radius 2 is 2.05 bits per heavy atom. The van der Waals surface area contributed by atoms with Crippen LogP contribution >= 0.6 is 0 Å². The fraction of sp³-hybridized carbons (Fsp3) is 0.393. The van der Waals surface area contributed by atoms with Gasteiger partial charge in [0.1, 0.15) is 24.3 Å². The average Bonchev–Trinajstić information content (AvgIpc) is 3.50. The van der Waals surface area contributed by atoms with Crippen LogP contribution in [0.25, 0.3) is 11.3 Å². The van der Waals surface area contributed by atoms with E-state index in [4.69, 9.17) is 14.2 Å². The summed E-state index contributed by atoms with van der Waals surface area (Å²) >= 11 is 0. The highest BCUT2D eigenvalue weighted by Gasteiger charge is 2.40. The third-order valence-corrected chi connectivity index (χ3v) is 7.13. The molecule has 5 heterocycles. The van der Waals surface area contributed by atoms with Crippen LogP contribution in [0.15, 0.2) is 54.7 Å². The van der Waals surface area contributed by atoms with E-state index in [0.29, 0.717) is 41.8 Å². The van der Waals surface area contributed by atoms with Crippen molar-refractivity contribution in [1.29, 1.82) is 0 Å². The zero-order valence-corrected chi connectivity index (χ0v) is 21.9. The predicted molar refractivity (Wildman–Crippen MR) is 141 cm³/mol. The second kappa shape index (κ2) is 9.93. The molecule has 0 aliphatic carbocycles. The van der Waals surface area contributed by atoms with E-state index in [1.54, 1.807) is 29.2 Å². The number of alkyl halides is 3. The van der Waals surface area contributed by atoms with Gasteiger partial charge in [0.2, 0.25) is 0 Å². The number of ether oxygens (including phenoxy) is 3. The predicted octanol–water partition coefficient (Wildman–Crippen LogP) is 5.32. The molecule has 9 nitrogen and oxygen atoms in total. The molecule has 6 rings (SSSR count). The van der Waals surface area contributed by atoms with Crippen molar-refractivity contribution in [3.63, 3.8) is 0 Å². The Morgan fingerprint density at radius 1 is 1.20 bits per heavy atom. The van der Waals surface area contributed by atoms with Crippen molar-refractivity contribution < 1.29 is 32.2 Å². The molecule has 3 aliphatic rings. The second-order valence-corrected chi connectivity index (χ2v) is 10.4. The number of benzene rings is 1. The second-order valence-electron chi connectivity index (χ2n) is 10.4. The van der Waals surface area contributed by atoms with E-state index in [9.17, 15) is 18.0 Å². The summed E-state index contributed by atoms with van der Waals surface area (Å²) in [6.45, 7) is 5.77. The van der Waals surface area contributed by atoms with Crippen molar-refractivity contribution in [3.05, 3.63) is 60.3 Å². The molecule has 0 spiro atoms. The first-order chi connectivity index (χ1) is 19.1. The number of amides is 2. The number of fused-ring (bicyclic) bond motifs is 4. The van der Waals surface area contributed by atoms with Crippen LogP contribution in [-0.2, 0) is 15.7 Å². The highest BCUT2D eigenvalue weighted by atomic mass is 19.4. The maximum atomic E-state index is 13.6. The highest BCUT2D eigenvalue weighted by molar-refractivity contribution is 6.04. The molecule has 2 bridgehead atoms. The van der Waals surface area contributed by atoms with Crippen LogP contribution < -0.4 is 19.9 Å². The number of rotatable bonds is 5. The summed E-state index contributed by atoms with van der Waals surface area (Å²) in [5.74, 6) is 0.549. The van der Waals surface area contributed by atoms with Crippen LogP contribution in [0.1, 0.15) is 25.8 Å². The summed E-state index contributed by atoms with van der Waals surface area (Å²) < 4.78 is 57.1. The number of halogens is 3. The summed E-state index contributed by atoms with van der Waals surface area (Å²) in [6.07, 6.45) is -2.42. The van der Waals surface area contributed by atoms with E-state index in [-0.39, 0.29) is 18.8 Å². The zero-order valence-electron chi connectivity index (χ0n) is 21.9. The molecule has 2 atom stereocenters. The molecule has 210 valence electrons. The Hall–Kier alpha value is -3.90. The van der Waals surface area contributed by atoms with Crippen LogP contribution in [0, 0.1) is 0 Å². The van der Waals surface area contributed by atoms with Gasteiger partial charge in [-0.2, -0.15) is 13.2 Å². The number of aromatic nitrogens is 2. The zero-order chi connectivity index (χ0) is 28.1. The highest BCUT2D eigenvalue weighted by Crippen LogP contribution is 2.41. The quantitative estimate of drug-likeness (QED) is 0.456. The molecular formula is C28H28F3N5O4. The van der Waals surface area contributed by atoms with E-state index in [0.717, 1.165) is 30.8 Å². The van der Waals surface area contributed by atoms with Gasteiger partial charge in [-0.15, -0.1) is 0 Å². The Bertz CT molecular complexity index is 1430. The van der Waals surface area contributed by atoms with Gasteiger partial charge in [0.25, 0.3) is 0 Å². The lowest BCUT2D eigenvalue weighted by Crippen LogP contribution is -2.48. The van der Waals surface area contributed by atoms with E-state index < -0.39 is 23.6 Å². The van der Waals surface area contributed by atoms with Crippen molar-refractivity contribution in [2.24, 2.45) is 0 Å². The maximum Gasteiger partial charge on any atom is 0.416 e. The first-order valence-electron chi connectivity index (χ1n) is 13.0. The molecule has 2 saturated heterocycles. The Balaban J connectivity index is 1.22. The maximum absolute atomic E-state index is 13.6. The van der Waals surface area contributed by atoms with E-state index >= 15 is 0 Å². The van der Waals surface area contributed by atoms with E-state index in [2.05, 4.69) is 20.2 Å². The summed E-state index contributed by atoms with van der Waals surface area (Å²) in [5.41, 5.74) is 0.663. The molecular weight excluding hydrogens is 527 g/mol. The van der Waals surface area contributed by atoms with Crippen molar-refractivity contribution in [2.45, 2.75) is 44.4 Å². The number of carbonyl (C=O) groups is 1. The molecule has 1 aromatic carbocycles. The Kier molecular flexibility index (Phi) is 6.54. The molecule has 1 N–H and O–H groups in total. The minimum absolute atomic E-state index is 0.140. The van der Waals surface area contributed by atoms with Gasteiger partial charge >= 0.3 is 12.2 Å². The first-order valence-corrected chi connectivity index (χ1v) is 13.0. The van der Waals surface area contributed by atoms with Crippen LogP contribution in [0.5, 0.6) is 5.75 Å². The summed E-state index contributed by atoms with van der Waals surface area (Å²) in [4.78, 5) is 26.2. The molecule has 3 aromatic rings. The van der Waals surface area contributed by atoms with Crippen LogP contribution in [0.3, 0.4) is 0 Å². The number of hydrogen-bond donors (Lipinski definition) is 1. The number of pyridine rings is 2. The van der Waals surface area contributed by atoms with Gasteiger partial charge in [-0.05, 0) is 50.6 Å². The standard InChI is InChI=1S/C28H28F3N5O4/c1-27(2)39-16-21(40-27)15-38-20-8-10-32-24(13-20)34-26(37)36-19-9-11-35(14-19)23-7-6-22(33-25(23)36)17-4-3-5-18(12-17)28(29,30)31/h3-8,10,12-13,19,21H,9,11,14-16H2,1-2H3,(H,32,34,37)/t19-,21?/m0/s1. The lowest BCUT2D eigenvalue weighted by atomic mass is 10.1. The SMILES string of the molecule is CC1(C)OCC(COc2ccnc(NC(=O)N3c4nc(-c5cccc(C(F)(F)F)c5)ccc4N4CC[C@H]3C4)c2)O1. The topological polar surface area (TPSA) is 89.1 Å². The lowest BCUT2D eigenvalue weighted by Gasteiger charge is -2.35. The van der Waals surface area contributed by atoms with E-state index in [1.165, 1.54) is 12.3 Å². The average molecular weight is 556 g/mol. The van der Waals surface area contributed by atoms with Gasteiger partial charge in [0.15, 0.2) is 11.6 Å². The van der Waals surface area contributed by atoms with Crippen LogP contribution in [0.2, 0.25) is 0 Å². The lowest BCUT2D eigenvalue weighted by molar-refractivity contribution is -0.141. The van der Waals surface area contributed by atoms with Crippen molar-refractivity contribution in [1.82, 2.24) is 9.97 Å². The fourth-order valence-corrected chi connectivity index (χ4v) is 5.26. The van der Waals surface area contributed by atoms with Gasteiger partial charge < -0.3 is 19.1 Å². The summed E-state index contributed by atoms with van der Waals surface area (Å²) in [6, 6.07) is 11.2. The number of hydrogen-bond acceptors (Lipinski definition) is 7. The van der Waals surface area contributed by atoms with Crippen LogP contribution in [0.4, 0.5) is 35.3 Å². The smallest absolute Gasteiger partial charge is 0.416 e. The summed E-state index contributed by atoms with van der Waals surface area (Å²) in [7, 11) is 0. The molecule has 12 heteroatoms. The van der Waals surface area contributed by atoms with Crippen molar-refractivity contribution >= 4 is 23.4 Å². The molecule has 3 aliphatic heterocycles. The molecule has 0 radical (unpaired) electrons. The van der Waals surface area contributed by atoms with Crippen LogP contribution in [-0.4, -0.2) is 60.2 Å². The molecule has 0 saturated carbocycles.